The molecule has 10 rings (SSSR count). The molecule has 6 heterocycles. The molecule has 16 nitrogen and oxygen atoms in total. The number of hydrogen-bond donors (Lipinski definition) is 3. The summed E-state index contributed by atoms with van der Waals surface area (Å²) in [6, 6.07) is 24.3. The van der Waals surface area contributed by atoms with Gasteiger partial charge in [0.05, 0.1) is 65.7 Å². The number of aromatic carboxylic acids is 1. The largest absolute Gasteiger partial charge is 0.478 e. The number of carboxylic acids is 1. The highest BCUT2D eigenvalue weighted by molar-refractivity contribution is 5.96. The molecule has 1 fully saturated rings. The zero-order valence-corrected chi connectivity index (χ0v) is 41.2. The van der Waals surface area contributed by atoms with E-state index in [2.05, 4.69) is 20.5 Å². The van der Waals surface area contributed by atoms with Crippen molar-refractivity contribution in [1.82, 2.24) is 19.4 Å². The third kappa shape index (κ3) is 9.52. The summed E-state index contributed by atoms with van der Waals surface area (Å²) in [6.45, 7) is 14.0. The Morgan fingerprint density at radius 2 is 1.32 bits per heavy atom. The number of anilines is 3. The fraction of sp³-hybridized carbons (Fsp3) is 0.246. The zero-order chi connectivity index (χ0) is 51.1. The van der Waals surface area contributed by atoms with Crippen molar-refractivity contribution in [3.63, 3.8) is 0 Å². The monoisotopic (exact) mass is 979 g/mol. The summed E-state index contributed by atoms with van der Waals surface area (Å²) < 4.78 is 26.3. The van der Waals surface area contributed by atoms with E-state index in [9.17, 15) is 24.3 Å². The number of fused-ring (bicyclic) bond motifs is 3. The maximum atomic E-state index is 13.9. The molecule has 0 amide bonds. The van der Waals surface area contributed by atoms with E-state index in [-0.39, 0.29) is 28.8 Å². The molecule has 1 aliphatic rings. The van der Waals surface area contributed by atoms with Crippen LogP contribution in [0.15, 0.2) is 128 Å². The van der Waals surface area contributed by atoms with Gasteiger partial charge in [0.25, 0.3) is 0 Å². The van der Waals surface area contributed by atoms with E-state index in [0.717, 1.165) is 35.6 Å². The van der Waals surface area contributed by atoms with E-state index < -0.39 is 24.0 Å². The number of hydrogen-bond acceptors (Lipinski definition) is 14. The molecule has 0 radical (unpaired) electrons. The van der Waals surface area contributed by atoms with Gasteiger partial charge in [0.1, 0.15) is 28.4 Å². The first kappa shape index (κ1) is 48.0. The van der Waals surface area contributed by atoms with Crippen LogP contribution in [0.1, 0.15) is 85.7 Å². The number of carboxylic acid groups (broad SMARTS) is 1. The molecule has 73 heavy (non-hydrogen) atoms. The first-order valence-corrected chi connectivity index (χ1v) is 24.1. The summed E-state index contributed by atoms with van der Waals surface area (Å²) in [6.07, 6.45) is 7.19. The predicted molar refractivity (Wildman–Crippen MR) is 280 cm³/mol. The molecule has 0 aliphatic carbocycles. The van der Waals surface area contributed by atoms with Gasteiger partial charge in [-0.15, -0.1) is 0 Å². The number of aryl methyl sites for hydroxylation is 2. The molecule has 9 aromatic rings. The van der Waals surface area contributed by atoms with Gasteiger partial charge in [0.15, 0.2) is 22.3 Å². The summed E-state index contributed by atoms with van der Waals surface area (Å²) in [5.74, 6) is -0.0114. The van der Waals surface area contributed by atoms with Crippen molar-refractivity contribution in [2.24, 2.45) is 0 Å². The first-order valence-electron chi connectivity index (χ1n) is 24.1. The first-order chi connectivity index (χ1) is 35.2. The second kappa shape index (κ2) is 19.9. The number of carbonyl (C=O) groups is 2. The number of pyridine rings is 1. The lowest BCUT2D eigenvalue weighted by atomic mass is 9.98. The van der Waals surface area contributed by atoms with Gasteiger partial charge in [0, 0.05) is 77.3 Å². The highest BCUT2D eigenvalue weighted by atomic mass is 16.5. The van der Waals surface area contributed by atoms with Crippen molar-refractivity contribution < 1.29 is 33.0 Å². The van der Waals surface area contributed by atoms with Crippen LogP contribution in [-0.4, -0.2) is 69.3 Å². The number of esters is 1. The highest BCUT2D eigenvalue weighted by Crippen LogP contribution is 2.35. The second-order valence-corrected chi connectivity index (χ2v) is 18.5. The van der Waals surface area contributed by atoms with Gasteiger partial charge in [0.2, 0.25) is 0 Å². The molecule has 0 spiro atoms. The molecule has 3 N–H and O–H groups in total. The Hall–Kier alpha value is -8.63. The summed E-state index contributed by atoms with van der Waals surface area (Å²) in [5, 5.41) is 17.5. The van der Waals surface area contributed by atoms with Gasteiger partial charge < -0.3 is 43.3 Å². The predicted octanol–water partition coefficient (Wildman–Crippen LogP) is 10.2. The highest BCUT2D eigenvalue weighted by Gasteiger charge is 2.24. The van der Waals surface area contributed by atoms with Crippen molar-refractivity contribution in [2.75, 3.05) is 48.4 Å². The minimum atomic E-state index is -1.06. The number of ether oxygens (including phenoxy) is 2. The van der Waals surface area contributed by atoms with Crippen LogP contribution >= 0.6 is 0 Å². The number of benzene rings is 4. The number of aromatic nitrogens is 4. The number of morpholine rings is 1. The van der Waals surface area contributed by atoms with Gasteiger partial charge >= 0.3 is 11.9 Å². The van der Waals surface area contributed by atoms with Crippen molar-refractivity contribution >= 4 is 56.7 Å². The van der Waals surface area contributed by atoms with Crippen molar-refractivity contribution in [3.8, 4) is 22.8 Å². The zero-order valence-electron chi connectivity index (χ0n) is 41.2. The van der Waals surface area contributed by atoms with Gasteiger partial charge in [-0.2, -0.15) is 0 Å². The van der Waals surface area contributed by atoms with E-state index in [1.807, 2.05) is 76.4 Å². The van der Waals surface area contributed by atoms with E-state index in [0.29, 0.717) is 104 Å². The summed E-state index contributed by atoms with van der Waals surface area (Å²) >= 11 is 0. The maximum Gasteiger partial charge on any atom is 0.340 e. The number of nitrogens with zero attached hydrogens (tertiary/aromatic N) is 5. The number of rotatable bonds is 14. The lowest BCUT2D eigenvalue weighted by Crippen LogP contribution is -2.36. The summed E-state index contributed by atoms with van der Waals surface area (Å²) in [4.78, 5) is 69.8. The molecular formula is C57H53N7O9. The Labute approximate surface area is 419 Å². The quantitative estimate of drug-likeness (QED) is 0.0868. The van der Waals surface area contributed by atoms with Crippen LogP contribution in [0.2, 0.25) is 0 Å². The van der Waals surface area contributed by atoms with Crippen molar-refractivity contribution in [3.05, 3.63) is 180 Å². The van der Waals surface area contributed by atoms with Crippen LogP contribution < -0.4 is 26.4 Å². The van der Waals surface area contributed by atoms with Gasteiger partial charge in [-0.3, -0.25) is 9.59 Å². The van der Waals surface area contributed by atoms with Gasteiger partial charge in [-0.05, 0) is 101 Å². The van der Waals surface area contributed by atoms with Crippen LogP contribution in [0.25, 0.3) is 50.4 Å². The molecule has 16 heteroatoms. The third-order valence-electron chi connectivity index (χ3n) is 13.3. The summed E-state index contributed by atoms with van der Waals surface area (Å²) in [7, 11) is 0. The fourth-order valence-corrected chi connectivity index (χ4v) is 9.52. The van der Waals surface area contributed by atoms with Crippen LogP contribution in [0, 0.1) is 27.7 Å². The maximum absolute atomic E-state index is 13.9. The molecule has 4 aromatic carbocycles. The SMILES string of the molecule is Cc1cc(C(C)Nc2ccccc2C(=O)OCCc2cn3cc(-c4oc5c(C(C)Nc6ccccc6C(=O)O)cc(C)cc5c(=O)c4C)ncc3n2)c2oc(-c3ccc(N4CCOCC4)nc3)c(C)c(=O)c2c1. The Bertz CT molecular complexity index is 3740. The molecule has 2 unspecified atom stereocenters. The Kier molecular flexibility index (Phi) is 13.1. The fourth-order valence-electron chi connectivity index (χ4n) is 9.52. The van der Waals surface area contributed by atoms with Crippen LogP contribution in [-0.2, 0) is 15.9 Å². The lowest BCUT2D eigenvalue weighted by molar-refractivity contribution is 0.0509. The van der Waals surface area contributed by atoms with Gasteiger partial charge in [-0.1, -0.05) is 36.4 Å². The molecule has 1 saturated heterocycles. The third-order valence-corrected chi connectivity index (χ3v) is 13.3. The Balaban J connectivity index is 0.849. The molecule has 1 aliphatic heterocycles. The van der Waals surface area contributed by atoms with Crippen LogP contribution in [0.5, 0.6) is 0 Å². The molecular weight excluding hydrogens is 927 g/mol. The molecule has 2 atom stereocenters. The number of carbonyl (C=O) groups excluding carboxylic acids is 1. The van der Waals surface area contributed by atoms with E-state index >= 15 is 0 Å². The number of para-hydroxylation sites is 2. The Morgan fingerprint density at radius 1 is 0.726 bits per heavy atom. The average molecular weight is 980 g/mol. The number of imidazole rings is 1. The van der Waals surface area contributed by atoms with Crippen molar-refractivity contribution in [2.45, 2.75) is 60.0 Å². The summed E-state index contributed by atoms with van der Waals surface area (Å²) in [5.41, 5.74) is 8.26. The van der Waals surface area contributed by atoms with Crippen LogP contribution in [0.4, 0.5) is 17.2 Å². The minimum Gasteiger partial charge on any atom is -0.478 e. The standard InChI is InChI=1S/C57H53N7O9/c1-31-23-41(54-43(25-31)50(65)33(3)52(72-54)37-15-16-48(59-27-37)63-18-21-70-22-19-63)36(6)61-46-14-10-8-12-40(46)57(69)71-20-17-38-29-64-30-47(58-28-49(64)62-38)53-34(4)51(66)44-26-32(2)24-42(55(44)73-53)35(5)60-45-13-9-7-11-39(45)56(67)68/h7-16,23-30,35-36,60-61H,17-22H2,1-6H3,(H,67,68). The Morgan fingerprint density at radius 3 is 1.93 bits per heavy atom. The second-order valence-electron chi connectivity index (χ2n) is 18.5. The van der Waals surface area contributed by atoms with E-state index in [1.165, 1.54) is 6.07 Å². The van der Waals surface area contributed by atoms with E-state index in [1.54, 1.807) is 73.2 Å². The topological polar surface area (TPSA) is 204 Å². The number of nitrogens with one attached hydrogen (secondary N) is 2. The molecule has 5 aromatic heterocycles. The van der Waals surface area contributed by atoms with Crippen LogP contribution in [0.3, 0.4) is 0 Å². The minimum absolute atomic E-state index is 0.0367. The van der Waals surface area contributed by atoms with Crippen molar-refractivity contribution in [1.29, 1.82) is 0 Å². The molecule has 0 bridgehead atoms. The smallest absolute Gasteiger partial charge is 0.340 e. The lowest BCUT2D eigenvalue weighted by Gasteiger charge is -2.27. The average Bonchev–Trinajstić information content (AvgIpc) is 3.81. The van der Waals surface area contributed by atoms with E-state index in [4.69, 9.17) is 28.3 Å². The normalized spacial score (nSPS) is 13.6. The van der Waals surface area contributed by atoms with Gasteiger partial charge in [-0.25, -0.2) is 24.5 Å². The molecule has 370 valence electrons. The molecule has 0 saturated carbocycles.